The van der Waals surface area contributed by atoms with E-state index in [2.05, 4.69) is 21.2 Å². The second-order valence-electron chi connectivity index (χ2n) is 10.2. The van der Waals surface area contributed by atoms with Crippen LogP contribution in [0.3, 0.4) is 0 Å². The Hall–Kier alpha value is -3.17. The van der Waals surface area contributed by atoms with Gasteiger partial charge in [0, 0.05) is 23.5 Å². The maximum atomic E-state index is 14.2. The first-order valence-corrected chi connectivity index (χ1v) is 16.0. The van der Waals surface area contributed by atoms with Crippen molar-refractivity contribution >= 4 is 43.5 Å². The minimum atomic E-state index is -3.82. The Bertz CT molecular complexity index is 1390. The standard InChI is InChI=1S/C31H38BrN3O4S/c1-6-24(4)33-31(37)28(19-25-13-8-7-9-14-25)34(20-26-15-17-27(32)18-16-26)29(36)21-35(40(5,38)39)30-22(2)11-10-12-23(30)3/h7-18,24,28H,6,19-21H2,1-5H3,(H,33,37). The first-order valence-electron chi connectivity index (χ1n) is 13.3. The van der Waals surface area contributed by atoms with Crippen LogP contribution >= 0.6 is 15.9 Å². The van der Waals surface area contributed by atoms with Crippen molar-refractivity contribution in [2.75, 3.05) is 17.1 Å². The monoisotopic (exact) mass is 627 g/mol. The van der Waals surface area contributed by atoms with Crippen LogP contribution in [0.4, 0.5) is 5.69 Å². The molecule has 2 unspecified atom stereocenters. The highest BCUT2D eigenvalue weighted by molar-refractivity contribution is 9.10. The van der Waals surface area contributed by atoms with E-state index in [0.717, 1.165) is 43.7 Å². The van der Waals surface area contributed by atoms with Crippen molar-refractivity contribution in [3.05, 3.63) is 99.5 Å². The number of hydrogen-bond acceptors (Lipinski definition) is 4. The van der Waals surface area contributed by atoms with E-state index in [0.29, 0.717) is 5.69 Å². The molecule has 0 radical (unpaired) electrons. The van der Waals surface area contributed by atoms with Gasteiger partial charge in [0.25, 0.3) is 0 Å². The highest BCUT2D eigenvalue weighted by atomic mass is 79.9. The molecule has 0 spiro atoms. The van der Waals surface area contributed by atoms with Gasteiger partial charge in [0.2, 0.25) is 21.8 Å². The zero-order valence-electron chi connectivity index (χ0n) is 23.7. The molecule has 0 aromatic heterocycles. The third-order valence-electron chi connectivity index (χ3n) is 6.91. The van der Waals surface area contributed by atoms with Crippen molar-refractivity contribution in [3.63, 3.8) is 0 Å². The molecule has 1 N–H and O–H groups in total. The van der Waals surface area contributed by atoms with Gasteiger partial charge < -0.3 is 10.2 Å². The number of anilines is 1. The van der Waals surface area contributed by atoms with Crippen molar-refractivity contribution in [1.29, 1.82) is 0 Å². The number of halogens is 1. The average molecular weight is 629 g/mol. The fraction of sp³-hybridized carbons (Fsp3) is 0.355. The lowest BCUT2D eigenvalue weighted by atomic mass is 10.0. The van der Waals surface area contributed by atoms with Crippen LogP contribution in [0, 0.1) is 13.8 Å². The number of nitrogens with zero attached hydrogens (tertiary/aromatic N) is 2. The van der Waals surface area contributed by atoms with Crippen LogP contribution in [0.15, 0.2) is 77.3 Å². The summed E-state index contributed by atoms with van der Waals surface area (Å²) in [6.07, 6.45) is 2.12. The smallest absolute Gasteiger partial charge is 0.244 e. The molecule has 0 saturated carbocycles. The second-order valence-corrected chi connectivity index (χ2v) is 13.0. The predicted molar refractivity (Wildman–Crippen MR) is 165 cm³/mol. The van der Waals surface area contributed by atoms with Gasteiger partial charge in [-0.3, -0.25) is 13.9 Å². The molecule has 0 bridgehead atoms. The van der Waals surface area contributed by atoms with Crippen molar-refractivity contribution in [1.82, 2.24) is 10.2 Å². The number of para-hydroxylation sites is 1. The zero-order valence-corrected chi connectivity index (χ0v) is 26.1. The Labute approximate surface area is 246 Å². The number of carbonyl (C=O) groups is 2. The summed E-state index contributed by atoms with van der Waals surface area (Å²) in [6.45, 7) is 7.26. The number of carbonyl (C=O) groups excluding carboxylic acids is 2. The predicted octanol–water partition coefficient (Wildman–Crippen LogP) is 5.39. The molecule has 0 aliphatic heterocycles. The number of hydrogen-bond donors (Lipinski definition) is 1. The number of sulfonamides is 1. The van der Waals surface area contributed by atoms with Gasteiger partial charge in [-0.25, -0.2) is 8.42 Å². The lowest BCUT2D eigenvalue weighted by Gasteiger charge is -2.34. The molecule has 3 aromatic carbocycles. The Kier molecular flexibility index (Phi) is 10.9. The number of nitrogens with one attached hydrogen (secondary N) is 1. The Morgan fingerprint density at radius 3 is 2.05 bits per heavy atom. The van der Waals surface area contributed by atoms with Gasteiger partial charge in [-0.1, -0.05) is 83.5 Å². The third kappa shape index (κ3) is 8.41. The van der Waals surface area contributed by atoms with E-state index in [1.165, 1.54) is 4.90 Å². The maximum Gasteiger partial charge on any atom is 0.244 e. The maximum absolute atomic E-state index is 14.2. The lowest BCUT2D eigenvalue weighted by Crippen LogP contribution is -2.54. The highest BCUT2D eigenvalue weighted by Crippen LogP contribution is 2.27. The topological polar surface area (TPSA) is 86.8 Å². The van der Waals surface area contributed by atoms with E-state index >= 15 is 0 Å². The first kappa shape index (κ1) is 31.4. The summed E-state index contributed by atoms with van der Waals surface area (Å²) in [6, 6.07) is 21.6. The normalized spacial score (nSPS) is 12.8. The molecule has 7 nitrogen and oxygen atoms in total. The highest BCUT2D eigenvalue weighted by Gasteiger charge is 2.34. The molecule has 40 heavy (non-hydrogen) atoms. The van der Waals surface area contributed by atoms with Crippen LogP contribution in [0.5, 0.6) is 0 Å². The second kappa shape index (κ2) is 13.9. The molecular weight excluding hydrogens is 590 g/mol. The van der Waals surface area contributed by atoms with Gasteiger partial charge in [0.15, 0.2) is 0 Å². The molecule has 0 heterocycles. The van der Waals surface area contributed by atoms with E-state index in [4.69, 9.17) is 0 Å². The third-order valence-corrected chi connectivity index (χ3v) is 8.55. The molecule has 0 saturated heterocycles. The van der Waals surface area contributed by atoms with Crippen LogP contribution in [0.2, 0.25) is 0 Å². The van der Waals surface area contributed by atoms with E-state index in [1.54, 1.807) is 0 Å². The van der Waals surface area contributed by atoms with Gasteiger partial charge in [-0.2, -0.15) is 0 Å². The van der Waals surface area contributed by atoms with Crippen LogP contribution < -0.4 is 9.62 Å². The van der Waals surface area contributed by atoms with E-state index in [-0.39, 0.29) is 24.9 Å². The summed E-state index contributed by atoms with van der Waals surface area (Å²) in [7, 11) is -3.82. The van der Waals surface area contributed by atoms with E-state index in [1.807, 2.05) is 100 Å². The van der Waals surface area contributed by atoms with Crippen LogP contribution in [0.25, 0.3) is 0 Å². The van der Waals surface area contributed by atoms with Gasteiger partial charge in [0.1, 0.15) is 12.6 Å². The van der Waals surface area contributed by atoms with Crippen LogP contribution in [-0.4, -0.2) is 50.0 Å². The Morgan fingerprint density at radius 2 is 1.50 bits per heavy atom. The minimum absolute atomic E-state index is 0.0856. The van der Waals surface area contributed by atoms with Gasteiger partial charge in [-0.05, 0) is 61.6 Å². The molecule has 0 fully saturated rings. The summed E-state index contributed by atoms with van der Waals surface area (Å²) in [5, 5.41) is 3.04. The first-order chi connectivity index (χ1) is 18.9. The summed E-state index contributed by atoms with van der Waals surface area (Å²) < 4.78 is 28.1. The summed E-state index contributed by atoms with van der Waals surface area (Å²) in [5.74, 6) is -0.738. The van der Waals surface area contributed by atoms with Crippen molar-refractivity contribution in [2.24, 2.45) is 0 Å². The quantitative estimate of drug-likeness (QED) is 0.292. The van der Waals surface area contributed by atoms with Crippen LogP contribution in [0.1, 0.15) is 42.5 Å². The number of amides is 2. The van der Waals surface area contributed by atoms with E-state index in [9.17, 15) is 18.0 Å². The summed E-state index contributed by atoms with van der Waals surface area (Å²) in [5.41, 5.74) is 3.69. The number of aryl methyl sites for hydroxylation is 2. The molecule has 3 aromatic rings. The zero-order chi connectivity index (χ0) is 29.4. The summed E-state index contributed by atoms with van der Waals surface area (Å²) >= 11 is 3.45. The van der Waals surface area contributed by atoms with Gasteiger partial charge >= 0.3 is 0 Å². The molecule has 2 amide bonds. The molecule has 2 atom stereocenters. The molecule has 9 heteroatoms. The largest absolute Gasteiger partial charge is 0.352 e. The minimum Gasteiger partial charge on any atom is -0.352 e. The Balaban J connectivity index is 2.09. The summed E-state index contributed by atoms with van der Waals surface area (Å²) in [4.78, 5) is 29.4. The SMILES string of the molecule is CCC(C)NC(=O)C(Cc1ccccc1)N(Cc1ccc(Br)cc1)C(=O)CN(c1c(C)cccc1C)S(C)(=O)=O. The fourth-order valence-electron chi connectivity index (χ4n) is 4.56. The van der Waals surface area contributed by atoms with Gasteiger partial charge in [-0.15, -0.1) is 0 Å². The Morgan fingerprint density at radius 1 is 0.900 bits per heavy atom. The van der Waals surface area contributed by atoms with Crippen molar-refractivity contribution in [2.45, 2.75) is 59.2 Å². The van der Waals surface area contributed by atoms with E-state index < -0.39 is 28.5 Å². The van der Waals surface area contributed by atoms with Crippen molar-refractivity contribution in [3.8, 4) is 0 Å². The van der Waals surface area contributed by atoms with Gasteiger partial charge in [0.05, 0.1) is 11.9 Å². The lowest BCUT2D eigenvalue weighted by molar-refractivity contribution is -0.140. The molecule has 3 rings (SSSR count). The molecular formula is C31H38BrN3O4S. The van der Waals surface area contributed by atoms with Crippen LogP contribution in [-0.2, 0) is 32.6 Å². The molecule has 0 aliphatic rings. The number of benzene rings is 3. The fourth-order valence-corrected chi connectivity index (χ4v) is 5.79. The molecule has 214 valence electrons. The average Bonchev–Trinajstić information content (AvgIpc) is 2.90. The number of rotatable bonds is 12. The van der Waals surface area contributed by atoms with Crippen molar-refractivity contribution < 1.29 is 18.0 Å². The molecule has 0 aliphatic carbocycles.